The summed E-state index contributed by atoms with van der Waals surface area (Å²) in [5.74, 6) is 0.0159. The van der Waals surface area contributed by atoms with E-state index in [9.17, 15) is 9.90 Å². The molecule has 1 aromatic carbocycles. The summed E-state index contributed by atoms with van der Waals surface area (Å²) < 4.78 is 5.62. The van der Waals surface area contributed by atoms with Crippen molar-refractivity contribution in [2.24, 2.45) is 5.41 Å². The molecule has 20 heavy (non-hydrogen) atoms. The first-order chi connectivity index (χ1) is 9.17. The fraction of sp³-hybridized carbons (Fsp3) is 0.562. The van der Waals surface area contributed by atoms with Gasteiger partial charge in [0.2, 0.25) is 0 Å². The summed E-state index contributed by atoms with van der Waals surface area (Å²) in [5.41, 5.74) is -0.174. The molecule has 2 N–H and O–H groups in total. The number of carboxylic acids is 1. The van der Waals surface area contributed by atoms with E-state index in [1.54, 1.807) is 13.8 Å². The quantitative estimate of drug-likeness (QED) is 0.754. The van der Waals surface area contributed by atoms with E-state index in [-0.39, 0.29) is 0 Å². The van der Waals surface area contributed by atoms with Gasteiger partial charge in [-0.15, -0.1) is 0 Å². The molecule has 0 unspecified atom stereocenters. The van der Waals surface area contributed by atoms with Crippen molar-refractivity contribution >= 4 is 5.97 Å². The molecule has 0 spiro atoms. The predicted molar refractivity (Wildman–Crippen MR) is 80.2 cm³/mol. The smallest absolute Gasteiger partial charge is 0.310 e. The van der Waals surface area contributed by atoms with Gasteiger partial charge in [0.05, 0.1) is 5.41 Å². The van der Waals surface area contributed by atoms with E-state index in [0.717, 1.165) is 5.75 Å². The third-order valence-electron chi connectivity index (χ3n) is 4.06. The average molecular weight is 279 g/mol. The summed E-state index contributed by atoms with van der Waals surface area (Å²) in [4.78, 5) is 11.3. The van der Waals surface area contributed by atoms with Crippen molar-refractivity contribution in [1.82, 2.24) is 5.32 Å². The molecule has 0 heterocycles. The van der Waals surface area contributed by atoms with Crippen LogP contribution in [0, 0.1) is 12.3 Å². The van der Waals surface area contributed by atoms with E-state index in [0.29, 0.717) is 13.2 Å². The van der Waals surface area contributed by atoms with Crippen molar-refractivity contribution in [2.75, 3.05) is 13.2 Å². The van der Waals surface area contributed by atoms with E-state index < -0.39 is 16.9 Å². The van der Waals surface area contributed by atoms with E-state index in [2.05, 4.69) is 5.32 Å². The fourth-order valence-electron chi connectivity index (χ4n) is 1.66. The van der Waals surface area contributed by atoms with Crippen LogP contribution in [0.2, 0.25) is 0 Å². The molecule has 112 valence electrons. The van der Waals surface area contributed by atoms with Gasteiger partial charge in [-0.25, -0.2) is 0 Å². The second-order valence-electron chi connectivity index (χ2n) is 6.14. The Hall–Kier alpha value is -1.55. The highest BCUT2D eigenvalue weighted by atomic mass is 16.5. The molecule has 0 aliphatic rings. The number of hydrogen-bond donors (Lipinski definition) is 2. The number of aryl methyl sites for hydroxylation is 1. The average Bonchev–Trinajstić information content (AvgIpc) is 2.36. The first-order valence-corrected chi connectivity index (χ1v) is 6.85. The van der Waals surface area contributed by atoms with Crippen LogP contribution in [0.3, 0.4) is 0 Å². The molecule has 0 radical (unpaired) electrons. The summed E-state index contributed by atoms with van der Waals surface area (Å²) in [5, 5.41) is 12.5. The minimum absolute atomic E-state index is 0.502. The van der Waals surface area contributed by atoms with Gasteiger partial charge < -0.3 is 15.2 Å². The number of hydrogen-bond acceptors (Lipinski definition) is 3. The first-order valence-electron chi connectivity index (χ1n) is 6.85. The maximum Gasteiger partial charge on any atom is 0.310 e. The second-order valence-corrected chi connectivity index (χ2v) is 6.14. The highest BCUT2D eigenvalue weighted by molar-refractivity contribution is 5.75. The van der Waals surface area contributed by atoms with Crippen LogP contribution < -0.4 is 10.1 Å². The standard InChI is InChI=1S/C16H25NO3/c1-12-6-8-13(9-7-12)20-11-10-17-16(4,5)15(2,3)14(18)19/h6-9,17H,10-11H2,1-5H3,(H,18,19). The molecule has 0 saturated heterocycles. The lowest BCUT2D eigenvalue weighted by Gasteiger charge is -2.39. The van der Waals surface area contributed by atoms with Crippen LogP contribution in [0.1, 0.15) is 33.3 Å². The minimum atomic E-state index is -0.850. The van der Waals surface area contributed by atoms with Gasteiger partial charge in [0, 0.05) is 12.1 Å². The normalized spacial score (nSPS) is 12.2. The molecule has 4 heteroatoms. The zero-order valence-corrected chi connectivity index (χ0v) is 13.0. The van der Waals surface area contributed by atoms with Gasteiger partial charge in [0.1, 0.15) is 12.4 Å². The van der Waals surface area contributed by atoms with Gasteiger partial charge in [-0.05, 0) is 46.8 Å². The molecule has 0 fully saturated rings. The molecule has 1 aromatic rings. The van der Waals surface area contributed by atoms with Gasteiger partial charge in [0.15, 0.2) is 0 Å². The van der Waals surface area contributed by atoms with Gasteiger partial charge in [-0.2, -0.15) is 0 Å². The molecule has 0 bridgehead atoms. The Balaban J connectivity index is 2.44. The van der Waals surface area contributed by atoms with E-state index in [1.807, 2.05) is 45.0 Å². The predicted octanol–water partition coefficient (Wildman–Crippen LogP) is 2.85. The highest BCUT2D eigenvalue weighted by Gasteiger charge is 2.42. The van der Waals surface area contributed by atoms with Crippen LogP contribution in [0.25, 0.3) is 0 Å². The van der Waals surface area contributed by atoms with E-state index >= 15 is 0 Å². The number of carbonyl (C=O) groups is 1. The lowest BCUT2D eigenvalue weighted by Crippen LogP contribution is -2.55. The maximum atomic E-state index is 11.3. The Labute approximate surface area is 121 Å². The van der Waals surface area contributed by atoms with Crippen LogP contribution in [0.5, 0.6) is 5.75 Å². The minimum Gasteiger partial charge on any atom is -0.492 e. The lowest BCUT2D eigenvalue weighted by molar-refractivity contribution is -0.151. The van der Waals surface area contributed by atoms with Gasteiger partial charge >= 0.3 is 5.97 Å². The maximum absolute atomic E-state index is 11.3. The number of aliphatic carboxylic acids is 1. The molecule has 0 amide bonds. The van der Waals surface area contributed by atoms with Crippen molar-refractivity contribution in [3.8, 4) is 5.75 Å². The summed E-state index contributed by atoms with van der Waals surface area (Å²) in [6.07, 6.45) is 0. The molecule has 0 aliphatic heterocycles. The van der Waals surface area contributed by atoms with Gasteiger partial charge in [-0.1, -0.05) is 17.7 Å². The van der Waals surface area contributed by atoms with Crippen molar-refractivity contribution in [2.45, 2.75) is 40.2 Å². The Bertz CT molecular complexity index is 449. The molecular formula is C16H25NO3. The third kappa shape index (κ3) is 3.97. The molecule has 0 aromatic heterocycles. The Morgan fingerprint density at radius 3 is 2.25 bits per heavy atom. The zero-order chi connectivity index (χ0) is 15.4. The van der Waals surface area contributed by atoms with Crippen molar-refractivity contribution < 1.29 is 14.6 Å². The summed E-state index contributed by atoms with van der Waals surface area (Å²) in [6.45, 7) is 10.4. The third-order valence-corrected chi connectivity index (χ3v) is 4.06. The number of rotatable bonds is 7. The monoisotopic (exact) mass is 279 g/mol. The van der Waals surface area contributed by atoms with E-state index in [1.165, 1.54) is 5.56 Å². The number of ether oxygens (including phenoxy) is 1. The van der Waals surface area contributed by atoms with Gasteiger partial charge in [-0.3, -0.25) is 4.79 Å². The summed E-state index contributed by atoms with van der Waals surface area (Å²) >= 11 is 0. The van der Waals surface area contributed by atoms with Crippen molar-refractivity contribution in [3.63, 3.8) is 0 Å². The molecular weight excluding hydrogens is 254 g/mol. The number of nitrogens with one attached hydrogen (secondary N) is 1. The van der Waals surface area contributed by atoms with Crippen molar-refractivity contribution in [3.05, 3.63) is 29.8 Å². The number of benzene rings is 1. The van der Waals surface area contributed by atoms with Crippen LogP contribution >= 0.6 is 0 Å². The Morgan fingerprint density at radius 2 is 1.75 bits per heavy atom. The van der Waals surface area contributed by atoms with Crippen LogP contribution in [0.15, 0.2) is 24.3 Å². The Kier molecular flexibility index (Phi) is 5.17. The highest BCUT2D eigenvalue weighted by Crippen LogP contribution is 2.30. The number of carboxylic acid groups (broad SMARTS) is 1. The van der Waals surface area contributed by atoms with Crippen LogP contribution in [-0.2, 0) is 4.79 Å². The molecule has 0 atom stereocenters. The fourth-order valence-corrected chi connectivity index (χ4v) is 1.66. The van der Waals surface area contributed by atoms with E-state index in [4.69, 9.17) is 4.74 Å². The summed E-state index contributed by atoms with van der Waals surface area (Å²) in [7, 11) is 0. The molecule has 0 aliphatic carbocycles. The van der Waals surface area contributed by atoms with Crippen LogP contribution in [-0.4, -0.2) is 29.8 Å². The lowest BCUT2D eigenvalue weighted by atomic mass is 9.74. The first kappa shape index (κ1) is 16.5. The largest absolute Gasteiger partial charge is 0.492 e. The molecule has 0 saturated carbocycles. The summed E-state index contributed by atoms with van der Waals surface area (Å²) in [6, 6.07) is 7.86. The molecule has 1 rings (SSSR count). The zero-order valence-electron chi connectivity index (χ0n) is 13.0. The SMILES string of the molecule is Cc1ccc(OCCNC(C)(C)C(C)(C)C(=O)O)cc1. The molecule has 4 nitrogen and oxygen atoms in total. The van der Waals surface area contributed by atoms with Gasteiger partial charge in [0.25, 0.3) is 0 Å². The van der Waals surface area contributed by atoms with Crippen molar-refractivity contribution in [1.29, 1.82) is 0 Å². The van der Waals surface area contributed by atoms with Crippen LogP contribution in [0.4, 0.5) is 0 Å². The second kappa shape index (κ2) is 6.27. The Morgan fingerprint density at radius 1 is 1.20 bits per heavy atom. The topological polar surface area (TPSA) is 58.6 Å².